The molecule has 100 valence electrons. The van der Waals surface area contributed by atoms with Gasteiger partial charge in [-0.1, -0.05) is 23.2 Å². The zero-order valence-electron chi connectivity index (χ0n) is 9.39. The Labute approximate surface area is 112 Å². The lowest BCUT2D eigenvalue weighted by Crippen LogP contribution is -2.38. The minimum atomic E-state index is -4.45. The summed E-state index contributed by atoms with van der Waals surface area (Å²) in [4.78, 5) is 12.6. The third-order valence-electron chi connectivity index (χ3n) is 2.20. The third-order valence-corrected chi connectivity index (χ3v) is 2.76. The first kappa shape index (κ1) is 15.1. The summed E-state index contributed by atoms with van der Waals surface area (Å²) >= 11 is 11.5. The second-order valence-electron chi connectivity index (χ2n) is 3.56. The Morgan fingerprint density at radius 2 is 1.94 bits per heavy atom. The third kappa shape index (κ3) is 4.07. The summed E-state index contributed by atoms with van der Waals surface area (Å²) in [5.74, 6) is -0.790. The van der Waals surface area contributed by atoms with Crippen LogP contribution in [-0.2, 0) is 0 Å². The van der Waals surface area contributed by atoms with E-state index >= 15 is 0 Å². The van der Waals surface area contributed by atoms with E-state index < -0.39 is 18.6 Å². The van der Waals surface area contributed by atoms with Crippen molar-refractivity contribution in [1.82, 2.24) is 4.90 Å². The van der Waals surface area contributed by atoms with Crippen LogP contribution in [0.25, 0.3) is 0 Å². The molecule has 0 atom stereocenters. The molecular formula is C11H10Cl2F3NO. The Morgan fingerprint density at radius 3 is 2.44 bits per heavy atom. The van der Waals surface area contributed by atoms with Crippen LogP contribution in [0.5, 0.6) is 0 Å². The highest BCUT2D eigenvalue weighted by molar-refractivity contribution is 6.35. The van der Waals surface area contributed by atoms with E-state index in [1.165, 1.54) is 25.1 Å². The molecule has 0 saturated heterocycles. The maximum Gasteiger partial charge on any atom is 0.406 e. The molecule has 0 aromatic heterocycles. The van der Waals surface area contributed by atoms with Gasteiger partial charge in [0.1, 0.15) is 6.54 Å². The van der Waals surface area contributed by atoms with Gasteiger partial charge in [-0.2, -0.15) is 13.2 Å². The van der Waals surface area contributed by atoms with Gasteiger partial charge >= 0.3 is 6.18 Å². The molecule has 0 unspecified atom stereocenters. The monoisotopic (exact) mass is 299 g/mol. The Hall–Kier alpha value is -0.940. The summed E-state index contributed by atoms with van der Waals surface area (Å²) in [5.41, 5.74) is -0.0322. The molecule has 0 N–H and O–H groups in total. The Morgan fingerprint density at radius 1 is 1.33 bits per heavy atom. The van der Waals surface area contributed by atoms with Gasteiger partial charge in [-0.25, -0.2) is 0 Å². The maximum atomic E-state index is 12.3. The van der Waals surface area contributed by atoms with E-state index in [0.717, 1.165) is 0 Å². The first-order chi connectivity index (χ1) is 8.24. The van der Waals surface area contributed by atoms with Crippen LogP contribution in [0.2, 0.25) is 10.0 Å². The van der Waals surface area contributed by atoms with Crippen LogP contribution in [0.3, 0.4) is 0 Å². The summed E-state index contributed by atoms with van der Waals surface area (Å²) in [6.45, 7) is 0.0778. The van der Waals surface area contributed by atoms with Crippen molar-refractivity contribution in [3.8, 4) is 0 Å². The van der Waals surface area contributed by atoms with Crippen LogP contribution in [-0.4, -0.2) is 30.1 Å². The van der Waals surface area contributed by atoms with Gasteiger partial charge < -0.3 is 4.90 Å². The van der Waals surface area contributed by atoms with Crippen LogP contribution in [0.15, 0.2) is 18.2 Å². The highest BCUT2D eigenvalue weighted by Crippen LogP contribution is 2.24. The first-order valence-corrected chi connectivity index (χ1v) is 5.81. The van der Waals surface area contributed by atoms with Crippen LogP contribution >= 0.6 is 23.2 Å². The predicted molar refractivity (Wildman–Crippen MR) is 64.1 cm³/mol. The fourth-order valence-corrected chi connectivity index (χ4v) is 1.75. The molecule has 0 aliphatic rings. The molecule has 1 aromatic rings. The molecule has 0 fully saturated rings. The van der Waals surface area contributed by atoms with Gasteiger partial charge in [0, 0.05) is 11.6 Å². The van der Waals surface area contributed by atoms with E-state index in [-0.39, 0.29) is 22.2 Å². The summed E-state index contributed by atoms with van der Waals surface area (Å²) in [7, 11) is 0. The quantitative estimate of drug-likeness (QED) is 0.825. The highest BCUT2D eigenvalue weighted by Gasteiger charge is 2.33. The van der Waals surface area contributed by atoms with Crippen molar-refractivity contribution in [3.63, 3.8) is 0 Å². The second kappa shape index (κ2) is 5.80. The molecule has 0 aliphatic heterocycles. The Kier molecular flexibility index (Phi) is 4.87. The minimum Gasteiger partial charge on any atom is -0.330 e. The zero-order valence-corrected chi connectivity index (χ0v) is 10.9. The van der Waals surface area contributed by atoms with Gasteiger partial charge in [-0.05, 0) is 25.1 Å². The van der Waals surface area contributed by atoms with E-state index in [0.29, 0.717) is 4.90 Å². The van der Waals surface area contributed by atoms with E-state index in [1.807, 2.05) is 0 Å². The van der Waals surface area contributed by atoms with Crippen molar-refractivity contribution < 1.29 is 18.0 Å². The molecule has 0 spiro atoms. The summed E-state index contributed by atoms with van der Waals surface area (Å²) in [6, 6.07) is 4.09. The lowest BCUT2D eigenvalue weighted by molar-refractivity contribution is -0.140. The van der Waals surface area contributed by atoms with Crippen LogP contribution in [0.4, 0.5) is 13.2 Å². The van der Waals surface area contributed by atoms with Gasteiger partial charge in [0.15, 0.2) is 0 Å². The number of alkyl halides is 3. The molecule has 0 radical (unpaired) electrons. The van der Waals surface area contributed by atoms with Crippen molar-refractivity contribution in [3.05, 3.63) is 33.8 Å². The van der Waals surface area contributed by atoms with Crippen LogP contribution < -0.4 is 0 Å². The number of hydrogen-bond acceptors (Lipinski definition) is 1. The predicted octanol–water partition coefficient (Wildman–Crippen LogP) is 4.02. The molecule has 0 saturated carbocycles. The number of hydrogen-bond donors (Lipinski definition) is 0. The fourth-order valence-electron chi connectivity index (χ4n) is 1.38. The maximum absolute atomic E-state index is 12.3. The molecule has 18 heavy (non-hydrogen) atoms. The molecule has 0 heterocycles. The van der Waals surface area contributed by atoms with Crippen LogP contribution in [0, 0.1) is 0 Å². The lowest BCUT2D eigenvalue weighted by atomic mass is 10.2. The first-order valence-electron chi connectivity index (χ1n) is 5.05. The molecule has 0 aliphatic carbocycles. The van der Waals surface area contributed by atoms with E-state index in [4.69, 9.17) is 23.2 Å². The summed E-state index contributed by atoms with van der Waals surface area (Å²) < 4.78 is 36.9. The van der Waals surface area contributed by atoms with Crippen LogP contribution in [0.1, 0.15) is 17.3 Å². The van der Waals surface area contributed by atoms with Gasteiger partial charge in [-0.3, -0.25) is 4.79 Å². The average molecular weight is 300 g/mol. The average Bonchev–Trinajstić information content (AvgIpc) is 2.27. The molecule has 1 rings (SSSR count). The number of carbonyl (C=O) groups is 1. The molecular weight excluding hydrogens is 290 g/mol. The topological polar surface area (TPSA) is 20.3 Å². The molecule has 7 heteroatoms. The number of amides is 1. The smallest absolute Gasteiger partial charge is 0.330 e. The van der Waals surface area contributed by atoms with Crippen molar-refractivity contribution in [2.24, 2.45) is 0 Å². The minimum absolute atomic E-state index is 0.0322. The molecule has 0 bridgehead atoms. The standard InChI is InChI=1S/C11H10Cl2F3NO/c1-2-17(6-11(14,15)16)10(18)8-5-7(12)3-4-9(8)13/h3-5H,2,6H2,1H3. The lowest BCUT2D eigenvalue weighted by Gasteiger charge is -2.22. The van der Waals surface area contributed by atoms with Crippen molar-refractivity contribution >= 4 is 29.1 Å². The van der Waals surface area contributed by atoms with E-state index in [2.05, 4.69) is 0 Å². The summed E-state index contributed by atoms with van der Waals surface area (Å²) in [6.07, 6.45) is -4.45. The normalized spacial score (nSPS) is 11.4. The van der Waals surface area contributed by atoms with Gasteiger partial charge in [0.2, 0.25) is 0 Å². The SMILES string of the molecule is CCN(CC(F)(F)F)C(=O)c1cc(Cl)ccc1Cl. The van der Waals surface area contributed by atoms with E-state index in [1.54, 1.807) is 0 Å². The van der Waals surface area contributed by atoms with Crippen molar-refractivity contribution in [2.45, 2.75) is 13.1 Å². The number of halogens is 5. The Bertz CT molecular complexity index is 448. The molecule has 1 amide bonds. The number of benzene rings is 1. The number of carbonyl (C=O) groups excluding carboxylic acids is 1. The zero-order chi connectivity index (χ0) is 13.9. The number of rotatable bonds is 3. The van der Waals surface area contributed by atoms with Gasteiger partial charge in [0.05, 0.1) is 10.6 Å². The molecule has 1 aromatic carbocycles. The van der Waals surface area contributed by atoms with Crippen molar-refractivity contribution in [1.29, 1.82) is 0 Å². The fraction of sp³-hybridized carbons (Fsp3) is 0.364. The summed E-state index contributed by atoms with van der Waals surface area (Å²) in [5, 5.41) is 0.316. The van der Waals surface area contributed by atoms with Gasteiger partial charge in [-0.15, -0.1) is 0 Å². The second-order valence-corrected chi connectivity index (χ2v) is 4.40. The van der Waals surface area contributed by atoms with E-state index in [9.17, 15) is 18.0 Å². The van der Waals surface area contributed by atoms with Crippen molar-refractivity contribution in [2.75, 3.05) is 13.1 Å². The number of nitrogens with zero attached hydrogens (tertiary/aromatic N) is 1. The molecule has 2 nitrogen and oxygen atoms in total. The largest absolute Gasteiger partial charge is 0.406 e. The van der Waals surface area contributed by atoms with Gasteiger partial charge in [0.25, 0.3) is 5.91 Å². The highest BCUT2D eigenvalue weighted by atomic mass is 35.5. The Balaban J connectivity index is 3.00.